The van der Waals surface area contributed by atoms with Gasteiger partial charge >= 0.3 is 0 Å². The minimum atomic E-state index is -0.237. The fourth-order valence-electron chi connectivity index (χ4n) is 4.60. The van der Waals surface area contributed by atoms with Crippen molar-refractivity contribution in [1.82, 2.24) is 0 Å². The molecule has 2 aliphatic carbocycles. The number of benzene rings is 3. The molecule has 2 aliphatic rings. The Balaban J connectivity index is 1.58. The molecule has 2 saturated carbocycles. The second kappa shape index (κ2) is 9.23. The summed E-state index contributed by atoms with van der Waals surface area (Å²) >= 11 is 0. The maximum absolute atomic E-state index is 14.2. The predicted molar refractivity (Wildman–Crippen MR) is 123 cm³/mol. The van der Waals surface area contributed by atoms with Gasteiger partial charge < -0.3 is 4.84 Å². The van der Waals surface area contributed by atoms with Gasteiger partial charge in [-0.3, -0.25) is 0 Å². The molecule has 0 aromatic heterocycles. The zero-order valence-corrected chi connectivity index (χ0v) is 18.1. The first-order chi connectivity index (χ1) is 15.7. The lowest BCUT2D eigenvalue weighted by atomic mass is 9.74. The van der Waals surface area contributed by atoms with E-state index in [-0.39, 0.29) is 11.6 Å². The third-order valence-corrected chi connectivity index (χ3v) is 6.86. The molecule has 0 saturated heterocycles. The van der Waals surface area contributed by atoms with E-state index < -0.39 is 0 Å². The molecular formula is C28H27F2NO. The molecule has 0 amide bonds. The van der Waals surface area contributed by atoms with E-state index in [2.05, 4.69) is 5.16 Å². The Morgan fingerprint density at radius 1 is 0.750 bits per heavy atom. The summed E-state index contributed by atoms with van der Waals surface area (Å²) in [7, 11) is 0. The van der Waals surface area contributed by atoms with Crippen molar-refractivity contribution in [3.05, 3.63) is 106 Å². The number of oxime groups is 1. The van der Waals surface area contributed by atoms with Crippen LogP contribution < -0.4 is 0 Å². The second-order valence-corrected chi connectivity index (χ2v) is 8.92. The SMILES string of the molecule is Fc1ccc(C(=NOCc2ccccc2)c2ccc(F)cc2C2CCC2)c(C2CCC2)c1. The highest BCUT2D eigenvalue weighted by atomic mass is 19.1. The summed E-state index contributed by atoms with van der Waals surface area (Å²) < 4.78 is 28.4. The quantitative estimate of drug-likeness (QED) is 0.281. The van der Waals surface area contributed by atoms with Crippen LogP contribution in [-0.2, 0) is 11.4 Å². The summed E-state index contributed by atoms with van der Waals surface area (Å²) in [6.45, 7) is 0.338. The highest BCUT2D eigenvalue weighted by Gasteiger charge is 2.29. The van der Waals surface area contributed by atoms with Crippen molar-refractivity contribution >= 4 is 5.71 Å². The minimum Gasteiger partial charge on any atom is -0.390 e. The van der Waals surface area contributed by atoms with Crippen molar-refractivity contribution < 1.29 is 13.6 Å². The second-order valence-electron chi connectivity index (χ2n) is 8.92. The molecule has 0 N–H and O–H groups in total. The lowest BCUT2D eigenvalue weighted by Gasteiger charge is -2.30. The summed E-state index contributed by atoms with van der Waals surface area (Å²) in [6.07, 6.45) is 6.50. The van der Waals surface area contributed by atoms with Crippen molar-refractivity contribution in [2.45, 2.75) is 57.0 Å². The summed E-state index contributed by atoms with van der Waals surface area (Å²) in [5, 5.41) is 4.59. The first-order valence-corrected chi connectivity index (χ1v) is 11.5. The molecule has 0 bridgehead atoms. The third-order valence-electron chi connectivity index (χ3n) is 6.86. The van der Waals surface area contributed by atoms with Gasteiger partial charge in [0.05, 0.1) is 0 Å². The fraction of sp³-hybridized carbons (Fsp3) is 0.321. The van der Waals surface area contributed by atoms with Crippen molar-refractivity contribution in [3.63, 3.8) is 0 Å². The van der Waals surface area contributed by atoms with Crippen LogP contribution in [0.25, 0.3) is 0 Å². The Bertz CT molecular complexity index is 1050. The lowest BCUT2D eigenvalue weighted by molar-refractivity contribution is 0.131. The van der Waals surface area contributed by atoms with E-state index >= 15 is 0 Å². The van der Waals surface area contributed by atoms with Gasteiger partial charge in [0.2, 0.25) is 0 Å². The molecular weight excluding hydrogens is 404 g/mol. The zero-order chi connectivity index (χ0) is 21.9. The number of rotatable bonds is 7. The van der Waals surface area contributed by atoms with Crippen LogP contribution in [-0.4, -0.2) is 5.71 Å². The van der Waals surface area contributed by atoms with Crippen molar-refractivity contribution in [2.24, 2.45) is 5.16 Å². The number of hydrogen-bond donors (Lipinski definition) is 0. The topological polar surface area (TPSA) is 21.6 Å². The van der Waals surface area contributed by atoms with Crippen LogP contribution in [0, 0.1) is 11.6 Å². The van der Waals surface area contributed by atoms with Crippen LogP contribution in [0.4, 0.5) is 8.78 Å². The molecule has 0 radical (unpaired) electrons. The molecule has 0 atom stereocenters. The van der Waals surface area contributed by atoms with Crippen LogP contribution in [0.15, 0.2) is 71.9 Å². The molecule has 3 aromatic carbocycles. The van der Waals surface area contributed by atoms with Gasteiger partial charge in [-0.05, 0) is 90.6 Å². The summed E-state index contributed by atoms with van der Waals surface area (Å²) in [6, 6.07) is 19.7. The Labute approximate surface area is 187 Å². The van der Waals surface area contributed by atoms with E-state index in [9.17, 15) is 8.78 Å². The molecule has 5 rings (SSSR count). The van der Waals surface area contributed by atoms with E-state index in [0.717, 1.165) is 66.3 Å². The van der Waals surface area contributed by atoms with Crippen LogP contribution in [0.5, 0.6) is 0 Å². The van der Waals surface area contributed by atoms with Crippen LogP contribution in [0.2, 0.25) is 0 Å². The van der Waals surface area contributed by atoms with Gasteiger partial charge in [-0.1, -0.05) is 48.3 Å². The molecule has 3 aromatic rings. The molecule has 2 nitrogen and oxygen atoms in total. The maximum Gasteiger partial charge on any atom is 0.142 e. The van der Waals surface area contributed by atoms with E-state index in [0.29, 0.717) is 24.2 Å². The predicted octanol–water partition coefficient (Wildman–Crippen LogP) is 7.47. The van der Waals surface area contributed by atoms with E-state index in [1.807, 2.05) is 42.5 Å². The normalized spacial score (nSPS) is 16.2. The van der Waals surface area contributed by atoms with Gasteiger partial charge in [0.1, 0.15) is 24.0 Å². The van der Waals surface area contributed by atoms with Crippen molar-refractivity contribution in [3.8, 4) is 0 Å². The van der Waals surface area contributed by atoms with Crippen molar-refractivity contribution in [2.75, 3.05) is 0 Å². The number of nitrogens with zero attached hydrogens (tertiary/aromatic N) is 1. The first-order valence-electron chi connectivity index (χ1n) is 11.5. The first kappa shape index (κ1) is 20.9. The summed E-state index contributed by atoms with van der Waals surface area (Å²) in [5.74, 6) is 0.178. The number of halogens is 2. The fourth-order valence-corrected chi connectivity index (χ4v) is 4.60. The van der Waals surface area contributed by atoms with Crippen LogP contribution in [0.3, 0.4) is 0 Å². The van der Waals surface area contributed by atoms with Gasteiger partial charge in [-0.25, -0.2) is 8.78 Å². The largest absolute Gasteiger partial charge is 0.390 e. The summed E-state index contributed by atoms with van der Waals surface area (Å²) in [5.41, 5.74) is 5.41. The highest BCUT2D eigenvalue weighted by Crippen LogP contribution is 2.42. The van der Waals surface area contributed by atoms with Gasteiger partial charge in [0.25, 0.3) is 0 Å². The maximum atomic E-state index is 14.2. The van der Waals surface area contributed by atoms with Crippen LogP contribution >= 0.6 is 0 Å². The van der Waals surface area contributed by atoms with Gasteiger partial charge in [-0.15, -0.1) is 0 Å². The Kier molecular flexibility index (Phi) is 6.02. The minimum absolute atomic E-state index is 0.237. The molecule has 164 valence electrons. The van der Waals surface area contributed by atoms with Gasteiger partial charge in [0, 0.05) is 11.1 Å². The Morgan fingerprint density at radius 3 is 1.75 bits per heavy atom. The standard InChI is InChI=1S/C28H27F2NO/c29-22-12-14-24(26(16-22)20-8-4-9-20)28(31-32-18-19-6-2-1-3-7-19)25-15-13-23(30)17-27(25)21-10-5-11-21/h1-3,6-7,12-17,20-21H,4-5,8-11,18H2. The molecule has 0 unspecified atom stereocenters. The van der Waals surface area contributed by atoms with E-state index in [1.165, 1.54) is 12.1 Å². The number of hydrogen-bond acceptors (Lipinski definition) is 2. The molecule has 4 heteroatoms. The Morgan fingerprint density at radius 2 is 1.28 bits per heavy atom. The van der Waals surface area contributed by atoms with Crippen LogP contribution in [0.1, 0.15) is 78.2 Å². The summed E-state index contributed by atoms with van der Waals surface area (Å²) in [4.78, 5) is 5.82. The smallest absolute Gasteiger partial charge is 0.142 e. The molecule has 2 fully saturated rings. The van der Waals surface area contributed by atoms with E-state index in [1.54, 1.807) is 12.1 Å². The zero-order valence-electron chi connectivity index (χ0n) is 18.1. The average Bonchev–Trinajstić information content (AvgIpc) is 2.71. The monoisotopic (exact) mass is 431 g/mol. The average molecular weight is 432 g/mol. The van der Waals surface area contributed by atoms with Gasteiger partial charge in [0.15, 0.2) is 0 Å². The highest BCUT2D eigenvalue weighted by molar-refractivity contribution is 6.14. The lowest BCUT2D eigenvalue weighted by Crippen LogP contribution is -2.19. The third kappa shape index (κ3) is 4.32. The molecule has 0 heterocycles. The molecule has 0 spiro atoms. The Hall–Kier alpha value is -3.01. The molecule has 0 aliphatic heterocycles. The molecule has 32 heavy (non-hydrogen) atoms. The van der Waals surface area contributed by atoms with E-state index in [4.69, 9.17) is 4.84 Å². The van der Waals surface area contributed by atoms with Gasteiger partial charge in [-0.2, -0.15) is 0 Å². The van der Waals surface area contributed by atoms with Crippen molar-refractivity contribution in [1.29, 1.82) is 0 Å².